The fraction of sp³-hybridized carbons (Fsp3) is 0.333. The van der Waals surface area contributed by atoms with Crippen LogP contribution in [0.3, 0.4) is 0 Å². The first-order chi connectivity index (χ1) is 12.0. The normalized spacial score (nSPS) is 16.7. The van der Waals surface area contributed by atoms with Crippen LogP contribution in [0, 0.1) is 13.8 Å². The molecule has 2 N–H and O–H groups in total. The highest BCUT2D eigenvalue weighted by Crippen LogP contribution is 2.23. The molecule has 7 heteroatoms. The molecule has 1 aromatic carbocycles. The van der Waals surface area contributed by atoms with Crippen molar-refractivity contribution in [1.82, 2.24) is 15.4 Å². The number of amides is 2. The molecular weight excluding hydrogens is 342 g/mol. The van der Waals surface area contributed by atoms with Crippen LogP contribution in [0.1, 0.15) is 34.6 Å². The highest BCUT2D eigenvalue weighted by Gasteiger charge is 2.24. The van der Waals surface area contributed by atoms with E-state index in [1.54, 1.807) is 12.1 Å². The molecule has 25 heavy (non-hydrogen) atoms. The Hall–Kier alpha value is -2.31. The number of hydrogen-bond acceptors (Lipinski definition) is 3. The number of aryl methyl sites for hydroxylation is 2. The molecule has 0 aliphatic carbocycles. The Morgan fingerprint density at radius 1 is 1.16 bits per heavy atom. The minimum atomic E-state index is -0.507. The van der Waals surface area contributed by atoms with Crippen LogP contribution in [0.25, 0.3) is 5.69 Å². The van der Waals surface area contributed by atoms with E-state index in [-0.39, 0.29) is 5.91 Å². The molecular formula is C18H20ClN3O3. The van der Waals surface area contributed by atoms with Gasteiger partial charge in [-0.1, -0.05) is 11.6 Å². The van der Waals surface area contributed by atoms with Gasteiger partial charge in [-0.25, -0.2) is 0 Å². The first-order valence-corrected chi connectivity index (χ1v) is 8.52. The zero-order chi connectivity index (χ0) is 18.0. The molecule has 1 aliphatic rings. The Kier molecular flexibility index (Phi) is 5.11. The van der Waals surface area contributed by atoms with Crippen molar-refractivity contribution in [3.05, 3.63) is 52.3 Å². The Balaban J connectivity index is 1.76. The van der Waals surface area contributed by atoms with E-state index in [0.717, 1.165) is 23.5 Å². The molecule has 3 rings (SSSR count). The lowest BCUT2D eigenvalue weighted by molar-refractivity contribution is -0.130. The first kappa shape index (κ1) is 17.5. The van der Waals surface area contributed by atoms with Crippen LogP contribution in [0.15, 0.2) is 30.3 Å². The second-order valence-electron chi connectivity index (χ2n) is 6.06. The van der Waals surface area contributed by atoms with E-state index in [1.165, 1.54) is 0 Å². The van der Waals surface area contributed by atoms with Gasteiger partial charge in [0.05, 0.1) is 10.6 Å². The summed E-state index contributed by atoms with van der Waals surface area (Å²) in [7, 11) is 0. The minimum Gasteiger partial charge on any atom is -0.368 e. The molecule has 0 unspecified atom stereocenters. The summed E-state index contributed by atoms with van der Waals surface area (Å²) in [5.41, 5.74) is 8.04. The van der Waals surface area contributed by atoms with E-state index in [4.69, 9.17) is 16.3 Å². The quantitative estimate of drug-likeness (QED) is 0.825. The number of ether oxygens (including phenoxy) is 1. The summed E-state index contributed by atoms with van der Waals surface area (Å²) in [6.45, 7) is 4.54. The summed E-state index contributed by atoms with van der Waals surface area (Å²) in [5.74, 6) is -0.823. The van der Waals surface area contributed by atoms with Gasteiger partial charge in [0.1, 0.15) is 6.10 Å². The summed E-state index contributed by atoms with van der Waals surface area (Å²) in [4.78, 5) is 24.3. The summed E-state index contributed by atoms with van der Waals surface area (Å²) >= 11 is 6.17. The van der Waals surface area contributed by atoms with Gasteiger partial charge < -0.3 is 9.30 Å². The Morgan fingerprint density at radius 3 is 2.52 bits per heavy atom. The number of hydrogen-bond donors (Lipinski definition) is 2. The van der Waals surface area contributed by atoms with Gasteiger partial charge in [0.25, 0.3) is 11.8 Å². The smallest absolute Gasteiger partial charge is 0.271 e. The zero-order valence-corrected chi connectivity index (χ0v) is 14.9. The molecule has 0 radical (unpaired) electrons. The van der Waals surface area contributed by atoms with E-state index >= 15 is 0 Å². The number of carbonyl (C=O) groups is 2. The van der Waals surface area contributed by atoms with Crippen LogP contribution in [-0.4, -0.2) is 29.1 Å². The maximum Gasteiger partial charge on any atom is 0.271 e. The zero-order valence-electron chi connectivity index (χ0n) is 14.1. The predicted octanol–water partition coefficient (Wildman–Crippen LogP) is 2.69. The van der Waals surface area contributed by atoms with Crippen molar-refractivity contribution in [1.29, 1.82) is 0 Å². The third kappa shape index (κ3) is 3.70. The van der Waals surface area contributed by atoms with Gasteiger partial charge in [-0.2, -0.15) is 0 Å². The summed E-state index contributed by atoms with van der Waals surface area (Å²) < 4.78 is 7.30. The number of nitrogens with one attached hydrogen (secondary N) is 2. The average Bonchev–Trinajstić information content (AvgIpc) is 3.24. The highest BCUT2D eigenvalue weighted by atomic mass is 35.5. The summed E-state index contributed by atoms with van der Waals surface area (Å²) in [6, 6.07) is 9.24. The molecule has 132 valence electrons. The SMILES string of the molecule is Cc1ccc(C)n1-c1ccc(Cl)c(C(=O)NNC(=O)[C@H]2CCCO2)c1. The molecule has 2 aromatic rings. The van der Waals surface area contributed by atoms with E-state index < -0.39 is 12.0 Å². The van der Waals surface area contributed by atoms with Crippen molar-refractivity contribution in [3.63, 3.8) is 0 Å². The molecule has 1 aliphatic heterocycles. The maximum atomic E-state index is 12.4. The Labute approximate surface area is 151 Å². The fourth-order valence-corrected chi connectivity index (χ4v) is 3.16. The number of rotatable bonds is 3. The first-order valence-electron chi connectivity index (χ1n) is 8.14. The van der Waals surface area contributed by atoms with Gasteiger partial charge in [-0.3, -0.25) is 20.4 Å². The lowest BCUT2D eigenvalue weighted by Gasteiger charge is -2.14. The lowest BCUT2D eigenvalue weighted by atomic mass is 10.2. The van der Waals surface area contributed by atoms with Gasteiger partial charge in [-0.15, -0.1) is 0 Å². The van der Waals surface area contributed by atoms with Gasteiger partial charge in [-0.05, 0) is 57.0 Å². The van der Waals surface area contributed by atoms with Gasteiger partial charge >= 0.3 is 0 Å². The topological polar surface area (TPSA) is 72.4 Å². The summed E-state index contributed by atoms with van der Waals surface area (Å²) in [5, 5.41) is 0.315. The van der Waals surface area contributed by atoms with Gasteiger partial charge in [0, 0.05) is 23.7 Å². The lowest BCUT2D eigenvalue weighted by Crippen LogP contribution is -2.46. The third-order valence-corrected chi connectivity index (χ3v) is 4.57. The van der Waals surface area contributed by atoms with Crippen molar-refractivity contribution in [2.24, 2.45) is 0 Å². The van der Waals surface area contributed by atoms with Crippen LogP contribution in [0.5, 0.6) is 0 Å². The number of hydrazine groups is 1. The predicted molar refractivity (Wildman–Crippen MR) is 94.8 cm³/mol. The average molecular weight is 362 g/mol. The summed E-state index contributed by atoms with van der Waals surface area (Å²) in [6.07, 6.45) is 0.992. The molecule has 0 saturated carbocycles. The van der Waals surface area contributed by atoms with Gasteiger partial charge in [0.15, 0.2) is 0 Å². The molecule has 2 heterocycles. The molecule has 0 spiro atoms. The van der Waals surface area contributed by atoms with Crippen LogP contribution < -0.4 is 10.9 Å². The second-order valence-corrected chi connectivity index (χ2v) is 6.47. The van der Waals surface area contributed by atoms with E-state index in [2.05, 4.69) is 10.9 Å². The molecule has 1 atom stereocenters. The molecule has 0 bridgehead atoms. The Bertz CT molecular complexity index is 790. The van der Waals surface area contributed by atoms with Crippen LogP contribution >= 0.6 is 11.6 Å². The van der Waals surface area contributed by atoms with E-state index in [0.29, 0.717) is 23.6 Å². The van der Waals surface area contributed by atoms with Gasteiger partial charge in [0.2, 0.25) is 0 Å². The monoisotopic (exact) mass is 361 g/mol. The third-order valence-electron chi connectivity index (χ3n) is 4.25. The number of benzene rings is 1. The fourth-order valence-electron chi connectivity index (χ4n) is 2.95. The van der Waals surface area contributed by atoms with Crippen LogP contribution in [-0.2, 0) is 9.53 Å². The van der Waals surface area contributed by atoms with Crippen molar-refractivity contribution in [2.75, 3.05) is 6.61 Å². The minimum absolute atomic E-state index is 0.291. The molecule has 1 saturated heterocycles. The molecule has 1 fully saturated rings. The van der Waals surface area contributed by atoms with Crippen molar-refractivity contribution < 1.29 is 14.3 Å². The number of aromatic nitrogens is 1. The van der Waals surface area contributed by atoms with Crippen molar-refractivity contribution in [3.8, 4) is 5.69 Å². The van der Waals surface area contributed by atoms with Crippen LogP contribution in [0.2, 0.25) is 5.02 Å². The number of nitrogens with zero attached hydrogens (tertiary/aromatic N) is 1. The van der Waals surface area contributed by atoms with Crippen molar-refractivity contribution in [2.45, 2.75) is 32.8 Å². The Morgan fingerprint density at radius 2 is 1.88 bits per heavy atom. The standard InChI is InChI=1S/C18H20ClN3O3/c1-11-5-6-12(2)22(11)13-7-8-15(19)14(10-13)17(23)20-21-18(24)16-4-3-9-25-16/h5-8,10,16H,3-4,9H2,1-2H3,(H,20,23)(H,21,24)/t16-/m1/s1. The largest absolute Gasteiger partial charge is 0.368 e. The molecule has 1 aromatic heterocycles. The molecule has 6 nitrogen and oxygen atoms in total. The number of halogens is 1. The van der Waals surface area contributed by atoms with Crippen LogP contribution in [0.4, 0.5) is 0 Å². The maximum absolute atomic E-state index is 12.4. The van der Waals surface area contributed by atoms with E-state index in [9.17, 15) is 9.59 Å². The number of carbonyl (C=O) groups excluding carboxylic acids is 2. The van der Waals surface area contributed by atoms with Crippen molar-refractivity contribution >= 4 is 23.4 Å². The highest BCUT2D eigenvalue weighted by molar-refractivity contribution is 6.33. The van der Waals surface area contributed by atoms with E-state index in [1.807, 2.05) is 36.6 Å². The second kappa shape index (κ2) is 7.29. The molecule has 2 amide bonds.